The number of hydrogen-bond donors (Lipinski definition) is 2. The zero-order valence-electron chi connectivity index (χ0n) is 15.8. The fourth-order valence-corrected chi connectivity index (χ4v) is 3.50. The van der Waals surface area contributed by atoms with Crippen LogP contribution >= 0.6 is 0 Å². The van der Waals surface area contributed by atoms with Crippen LogP contribution < -0.4 is 11.1 Å². The van der Waals surface area contributed by atoms with Crippen LogP contribution in [0.4, 0.5) is 0 Å². The molecule has 2 unspecified atom stereocenters. The van der Waals surface area contributed by atoms with Crippen LogP contribution in [0.2, 0.25) is 0 Å². The summed E-state index contributed by atoms with van der Waals surface area (Å²) in [4.78, 5) is 26.3. The first kappa shape index (κ1) is 19.4. The lowest BCUT2D eigenvalue weighted by Gasteiger charge is -2.30. The molecule has 138 valence electrons. The van der Waals surface area contributed by atoms with E-state index in [1.807, 2.05) is 20.9 Å². The fourth-order valence-electron chi connectivity index (χ4n) is 3.50. The molecule has 0 bridgehead atoms. The molecule has 3 N–H and O–H groups in total. The number of hydrogen-bond acceptors (Lipinski definition) is 3. The lowest BCUT2D eigenvalue weighted by molar-refractivity contribution is -0.134. The van der Waals surface area contributed by atoms with Crippen LogP contribution in [0.15, 0.2) is 24.3 Å². The molecule has 1 aliphatic rings. The number of amides is 2. The number of benzene rings is 1. The topological polar surface area (TPSA) is 75.4 Å². The standard InChI is InChI=1S/C20H31N3O2/c1-13(2)19(21)20(25)22-12-18(24)23(4)17-7-5-6-16(17)15-10-8-14(3)9-11-15/h8-11,13,16-17,19H,5-7,12,21H2,1-4H3,(H,22,25)/t16?,17?,19-/m0/s1. The van der Waals surface area contributed by atoms with Crippen LogP contribution in [0, 0.1) is 12.8 Å². The van der Waals surface area contributed by atoms with Crippen molar-refractivity contribution in [3.8, 4) is 0 Å². The van der Waals surface area contributed by atoms with Crippen LogP contribution in [0.25, 0.3) is 0 Å². The summed E-state index contributed by atoms with van der Waals surface area (Å²) >= 11 is 0. The smallest absolute Gasteiger partial charge is 0.241 e. The summed E-state index contributed by atoms with van der Waals surface area (Å²) in [5.74, 6) is 0.0864. The van der Waals surface area contributed by atoms with Gasteiger partial charge in [0.1, 0.15) is 0 Å². The van der Waals surface area contributed by atoms with Crippen LogP contribution in [-0.4, -0.2) is 42.4 Å². The highest BCUT2D eigenvalue weighted by Gasteiger charge is 2.33. The molecule has 2 amide bonds. The number of carbonyl (C=O) groups excluding carboxylic acids is 2. The minimum absolute atomic E-state index is 0.00682. The Labute approximate surface area is 151 Å². The Kier molecular flexibility index (Phi) is 6.59. The Hall–Kier alpha value is -1.88. The van der Waals surface area contributed by atoms with E-state index < -0.39 is 6.04 Å². The van der Waals surface area contributed by atoms with E-state index in [0.717, 1.165) is 19.3 Å². The van der Waals surface area contributed by atoms with Gasteiger partial charge in [0, 0.05) is 19.0 Å². The molecule has 2 rings (SSSR count). The van der Waals surface area contributed by atoms with Gasteiger partial charge in [-0.1, -0.05) is 50.1 Å². The van der Waals surface area contributed by atoms with E-state index >= 15 is 0 Å². The van der Waals surface area contributed by atoms with Crippen molar-refractivity contribution in [1.29, 1.82) is 0 Å². The molecule has 5 nitrogen and oxygen atoms in total. The minimum atomic E-state index is -0.579. The number of nitrogens with two attached hydrogens (primary N) is 1. The first-order valence-corrected chi connectivity index (χ1v) is 9.16. The molecule has 0 radical (unpaired) electrons. The van der Waals surface area contributed by atoms with E-state index in [1.54, 1.807) is 4.90 Å². The van der Waals surface area contributed by atoms with E-state index in [0.29, 0.717) is 5.92 Å². The van der Waals surface area contributed by atoms with Gasteiger partial charge in [-0.25, -0.2) is 0 Å². The Balaban J connectivity index is 1.96. The van der Waals surface area contributed by atoms with Gasteiger partial charge in [0.05, 0.1) is 12.6 Å². The van der Waals surface area contributed by atoms with E-state index in [9.17, 15) is 9.59 Å². The zero-order chi connectivity index (χ0) is 18.6. The second-order valence-electron chi connectivity index (χ2n) is 7.51. The SMILES string of the molecule is Cc1ccc(C2CCCC2N(C)C(=O)CNC(=O)[C@@H](N)C(C)C)cc1. The van der Waals surface area contributed by atoms with E-state index in [2.05, 4.69) is 36.5 Å². The molecule has 0 aliphatic heterocycles. The van der Waals surface area contributed by atoms with E-state index in [-0.39, 0.29) is 30.3 Å². The van der Waals surface area contributed by atoms with Gasteiger partial charge in [0.15, 0.2) is 0 Å². The number of aryl methyl sites for hydroxylation is 1. The average Bonchev–Trinajstić information content (AvgIpc) is 3.08. The number of rotatable bonds is 6. The molecule has 25 heavy (non-hydrogen) atoms. The predicted molar refractivity (Wildman–Crippen MR) is 100 cm³/mol. The van der Waals surface area contributed by atoms with Crippen molar-refractivity contribution in [2.24, 2.45) is 11.7 Å². The van der Waals surface area contributed by atoms with Crippen molar-refractivity contribution in [2.45, 2.75) is 58.0 Å². The van der Waals surface area contributed by atoms with Gasteiger partial charge in [-0.3, -0.25) is 9.59 Å². The number of nitrogens with zero attached hydrogens (tertiary/aromatic N) is 1. The number of likely N-dealkylation sites (N-methyl/N-ethyl adjacent to an activating group) is 1. The summed E-state index contributed by atoms with van der Waals surface area (Å²) in [6.45, 7) is 5.87. The molecular formula is C20H31N3O2. The first-order valence-electron chi connectivity index (χ1n) is 9.16. The molecule has 3 atom stereocenters. The normalized spacial score (nSPS) is 21.2. The number of nitrogens with one attached hydrogen (secondary N) is 1. The highest BCUT2D eigenvalue weighted by atomic mass is 16.2. The lowest BCUT2D eigenvalue weighted by atomic mass is 9.92. The van der Waals surface area contributed by atoms with E-state index in [4.69, 9.17) is 5.73 Å². The highest BCUT2D eigenvalue weighted by molar-refractivity contribution is 5.87. The number of carbonyl (C=O) groups is 2. The third-order valence-corrected chi connectivity index (χ3v) is 5.31. The van der Waals surface area contributed by atoms with Gasteiger partial charge in [0.25, 0.3) is 0 Å². The molecular weight excluding hydrogens is 314 g/mol. The van der Waals surface area contributed by atoms with Crippen molar-refractivity contribution in [3.63, 3.8) is 0 Å². The molecule has 0 heterocycles. The highest BCUT2D eigenvalue weighted by Crippen LogP contribution is 2.37. The zero-order valence-corrected chi connectivity index (χ0v) is 15.8. The molecule has 1 fully saturated rings. The maximum Gasteiger partial charge on any atom is 0.241 e. The molecule has 0 saturated heterocycles. The summed E-state index contributed by atoms with van der Waals surface area (Å²) in [5.41, 5.74) is 8.35. The monoisotopic (exact) mass is 345 g/mol. The summed E-state index contributed by atoms with van der Waals surface area (Å²) in [5, 5.41) is 2.67. The Morgan fingerprint density at radius 2 is 1.88 bits per heavy atom. The van der Waals surface area contributed by atoms with Gasteiger partial charge in [-0.15, -0.1) is 0 Å². The van der Waals surface area contributed by atoms with Gasteiger partial charge in [0.2, 0.25) is 11.8 Å². The van der Waals surface area contributed by atoms with Crippen LogP contribution in [0.3, 0.4) is 0 Å². The summed E-state index contributed by atoms with van der Waals surface area (Å²) < 4.78 is 0. The van der Waals surface area contributed by atoms with Crippen molar-refractivity contribution < 1.29 is 9.59 Å². The van der Waals surface area contributed by atoms with Gasteiger partial charge in [-0.05, 0) is 31.2 Å². The maximum atomic E-state index is 12.5. The third-order valence-electron chi connectivity index (χ3n) is 5.31. The second-order valence-corrected chi connectivity index (χ2v) is 7.51. The van der Waals surface area contributed by atoms with Gasteiger partial charge in [-0.2, -0.15) is 0 Å². The molecule has 5 heteroatoms. The maximum absolute atomic E-state index is 12.5. The molecule has 1 aliphatic carbocycles. The third kappa shape index (κ3) is 4.82. The van der Waals surface area contributed by atoms with Crippen molar-refractivity contribution in [1.82, 2.24) is 10.2 Å². The average molecular weight is 345 g/mol. The fraction of sp³-hybridized carbons (Fsp3) is 0.600. The molecule has 1 saturated carbocycles. The predicted octanol–water partition coefficient (Wildman–Crippen LogP) is 2.19. The summed E-state index contributed by atoms with van der Waals surface area (Å²) in [6.07, 6.45) is 3.21. The first-order chi connectivity index (χ1) is 11.8. The Bertz CT molecular complexity index is 597. The van der Waals surface area contributed by atoms with Crippen molar-refractivity contribution >= 4 is 11.8 Å². The molecule has 1 aromatic carbocycles. The van der Waals surface area contributed by atoms with Gasteiger partial charge < -0.3 is 16.0 Å². The lowest BCUT2D eigenvalue weighted by Crippen LogP contribution is -2.49. The Morgan fingerprint density at radius 3 is 2.48 bits per heavy atom. The van der Waals surface area contributed by atoms with Crippen molar-refractivity contribution in [3.05, 3.63) is 35.4 Å². The largest absolute Gasteiger partial charge is 0.346 e. The summed E-state index contributed by atoms with van der Waals surface area (Å²) in [6, 6.07) is 8.19. The van der Waals surface area contributed by atoms with Crippen LogP contribution in [0.5, 0.6) is 0 Å². The van der Waals surface area contributed by atoms with Gasteiger partial charge >= 0.3 is 0 Å². The summed E-state index contributed by atoms with van der Waals surface area (Å²) in [7, 11) is 1.84. The molecule has 0 spiro atoms. The van der Waals surface area contributed by atoms with Crippen molar-refractivity contribution in [2.75, 3.05) is 13.6 Å². The van der Waals surface area contributed by atoms with E-state index in [1.165, 1.54) is 11.1 Å². The molecule has 1 aromatic rings. The minimum Gasteiger partial charge on any atom is -0.346 e. The Morgan fingerprint density at radius 1 is 1.24 bits per heavy atom. The van der Waals surface area contributed by atoms with Crippen LogP contribution in [-0.2, 0) is 9.59 Å². The quantitative estimate of drug-likeness (QED) is 0.830. The van der Waals surface area contributed by atoms with Crippen LogP contribution in [0.1, 0.15) is 50.2 Å². The molecule has 0 aromatic heterocycles. The second kappa shape index (κ2) is 8.48.